The Morgan fingerprint density at radius 1 is 1.32 bits per heavy atom. The van der Waals surface area contributed by atoms with Crippen LogP contribution in [0.3, 0.4) is 0 Å². The Morgan fingerprint density at radius 3 is 2.47 bits per heavy atom. The van der Waals surface area contributed by atoms with Gasteiger partial charge in [0.05, 0.1) is 5.56 Å². The van der Waals surface area contributed by atoms with E-state index in [1.165, 1.54) is 0 Å². The molecule has 0 saturated carbocycles. The molecule has 1 aromatic rings. The van der Waals surface area contributed by atoms with Gasteiger partial charge < -0.3 is 10.2 Å². The van der Waals surface area contributed by atoms with Gasteiger partial charge in [-0.15, -0.1) is 0 Å². The molecule has 0 aliphatic heterocycles. The predicted molar refractivity (Wildman–Crippen MR) is 83.4 cm³/mol. The molecule has 1 atom stereocenters. The minimum atomic E-state index is -0.0139. The summed E-state index contributed by atoms with van der Waals surface area (Å²) in [5.74, 6) is 0.546. The van der Waals surface area contributed by atoms with Gasteiger partial charge in [0.1, 0.15) is 0 Å². The van der Waals surface area contributed by atoms with E-state index in [0.29, 0.717) is 11.5 Å². The van der Waals surface area contributed by atoms with Crippen LogP contribution in [0, 0.1) is 5.92 Å². The zero-order valence-electron chi connectivity index (χ0n) is 12.1. The van der Waals surface area contributed by atoms with Crippen molar-refractivity contribution in [3.63, 3.8) is 0 Å². The van der Waals surface area contributed by atoms with Crippen LogP contribution in [0.15, 0.2) is 28.7 Å². The lowest BCUT2D eigenvalue weighted by Crippen LogP contribution is -2.42. The van der Waals surface area contributed by atoms with Crippen molar-refractivity contribution < 1.29 is 4.79 Å². The molecule has 1 aromatic carbocycles. The molecule has 1 unspecified atom stereocenters. The molecule has 0 fully saturated rings. The average molecular weight is 327 g/mol. The monoisotopic (exact) mass is 326 g/mol. The van der Waals surface area contributed by atoms with E-state index in [1.54, 1.807) is 0 Å². The van der Waals surface area contributed by atoms with Crippen LogP contribution in [0.5, 0.6) is 0 Å². The van der Waals surface area contributed by atoms with E-state index >= 15 is 0 Å². The van der Waals surface area contributed by atoms with Crippen LogP contribution in [0.1, 0.15) is 30.6 Å². The maximum absolute atomic E-state index is 12.3. The first kappa shape index (κ1) is 16.2. The van der Waals surface area contributed by atoms with Gasteiger partial charge in [0.2, 0.25) is 0 Å². The van der Waals surface area contributed by atoms with Crippen molar-refractivity contribution in [1.29, 1.82) is 0 Å². The van der Waals surface area contributed by atoms with Crippen molar-refractivity contribution in [2.75, 3.05) is 20.6 Å². The summed E-state index contributed by atoms with van der Waals surface area (Å²) in [5, 5.41) is 3.13. The molecule has 1 N–H and O–H groups in total. The number of carbonyl (C=O) groups is 1. The summed E-state index contributed by atoms with van der Waals surface area (Å²) >= 11 is 3.42. The number of rotatable bonds is 6. The van der Waals surface area contributed by atoms with Crippen molar-refractivity contribution >= 4 is 21.8 Å². The molecule has 106 valence electrons. The molecule has 1 amide bonds. The second-order valence-electron chi connectivity index (χ2n) is 5.54. The molecule has 0 heterocycles. The molecule has 0 aromatic heterocycles. The lowest BCUT2D eigenvalue weighted by molar-refractivity contribution is 0.0924. The molecule has 4 heteroatoms. The molecule has 3 nitrogen and oxygen atoms in total. The number of hydrogen-bond acceptors (Lipinski definition) is 2. The molecule has 19 heavy (non-hydrogen) atoms. The van der Waals surface area contributed by atoms with Crippen LogP contribution in [-0.4, -0.2) is 37.5 Å². The van der Waals surface area contributed by atoms with Gasteiger partial charge >= 0.3 is 0 Å². The third-order valence-corrected chi connectivity index (χ3v) is 3.49. The van der Waals surface area contributed by atoms with Crippen LogP contribution in [0.4, 0.5) is 0 Å². The fourth-order valence-electron chi connectivity index (χ4n) is 2.10. The van der Waals surface area contributed by atoms with Gasteiger partial charge in [-0.1, -0.05) is 26.0 Å². The molecule has 1 rings (SSSR count). The number of nitrogens with one attached hydrogen (secondary N) is 1. The average Bonchev–Trinajstić information content (AvgIpc) is 2.27. The maximum atomic E-state index is 12.3. The Balaban J connectivity index is 2.73. The Labute approximate surface area is 124 Å². The highest BCUT2D eigenvalue weighted by atomic mass is 79.9. The van der Waals surface area contributed by atoms with Crippen molar-refractivity contribution in [2.24, 2.45) is 5.92 Å². The largest absolute Gasteiger partial charge is 0.348 e. The molecular formula is C15H23BrN2O. The molecule has 0 aliphatic rings. The van der Waals surface area contributed by atoms with E-state index < -0.39 is 0 Å². The number of halogens is 1. The number of carbonyl (C=O) groups excluding carboxylic acids is 1. The zero-order valence-corrected chi connectivity index (χ0v) is 13.7. The molecule has 0 radical (unpaired) electrons. The van der Waals surface area contributed by atoms with Crippen LogP contribution in [0.2, 0.25) is 0 Å². The highest BCUT2D eigenvalue weighted by Gasteiger charge is 2.17. The van der Waals surface area contributed by atoms with E-state index in [0.717, 1.165) is 17.4 Å². The Hall–Kier alpha value is -0.870. The van der Waals surface area contributed by atoms with Crippen molar-refractivity contribution in [3.05, 3.63) is 34.3 Å². The van der Waals surface area contributed by atoms with Gasteiger partial charge in [-0.3, -0.25) is 4.79 Å². The SMILES string of the molecule is CC(C)CC(CN(C)C)NC(=O)c1ccccc1Br. The smallest absolute Gasteiger partial charge is 0.252 e. The van der Waals surface area contributed by atoms with Gasteiger partial charge in [-0.2, -0.15) is 0 Å². The summed E-state index contributed by atoms with van der Waals surface area (Å²) in [6.45, 7) is 5.20. The third-order valence-electron chi connectivity index (χ3n) is 2.80. The fraction of sp³-hybridized carbons (Fsp3) is 0.533. The molecule has 0 spiro atoms. The van der Waals surface area contributed by atoms with Crippen LogP contribution in [-0.2, 0) is 0 Å². The van der Waals surface area contributed by atoms with E-state index in [2.05, 4.69) is 40.0 Å². The lowest BCUT2D eigenvalue weighted by Gasteiger charge is -2.24. The first-order chi connectivity index (χ1) is 8.90. The first-order valence-electron chi connectivity index (χ1n) is 6.60. The summed E-state index contributed by atoms with van der Waals surface area (Å²) < 4.78 is 0.834. The summed E-state index contributed by atoms with van der Waals surface area (Å²) in [6.07, 6.45) is 0.981. The van der Waals surface area contributed by atoms with Crippen molar-refractivity contribution in [2.45, 2.75) is 26.3 Å². The van der Waals surface area contributed by atoms with Gasteiger partial charge in [-0.05, 0) is 54.5 Å². The standard InChI is InChI=1S/C15H23BrN2O/c1-11(2)9-12(10-18(3)4)17-15(19)13-7-5-6-8-14(13)16/h5-8,11-12H,9-10H2,1-4H3,(H,17,19). The van der Waals surface area contributed by atoms with Gasteiger partial charge in [0, 0.05) is 17.1 Å². The Kier molecular flexibility index (Phi) is 6.52. The minimum absolute atomic E-state index is 0.0139. The number of benzene rings is 1. The van der Waals surface area contributed by atoms with Gasteiger partial charge in [0.25, 0.3) is 5.91 Å². The topological polar surface area (TPSA) is 32.3 Å². The number of amides is 1. The molecule has 0 bridgehead atoms. The van der Waals surface area contributed by atoms with Gasteiger partial charge in [0.15, 0.2) is 0 Å². The highest BCUT2D eigenvalue weighted by Crippen LogP contribution is 2.16. The molecule has 0 saturated heterocycles. The van der Waals surface area contributed by atoms with Crippen LogP contribution < -0.4 is 5.32 Å². The first-order valence-corrected chi connectivity index (χ1v) is 7.39. The number of hydrogen-bond donors (Lipinski definition) is 1. The molecule has 0 aliphatic carbocycles. The quantitative estimate of drug-likeness (QED) is 0.870. The van der Waals surface area contributed by atoms with Crippen LogP contribution >= 0.6 is 15.9 Å². The normalized spacial score (nSPS) is 12.8. The Morgan fingerprint density at radius 2 is 1.95 bits per heavy atom. The summed E-state index contributed by atoms with van der Waals surface area (Å²) in [7, 11) is 4.05. The fourth-order valence-corrected chi connectivity index (χ4v) is 2.56. The van der Waals surface area contributed by atoms with Crippen molar-refractivity contribution in [3.8, 4) is 0 Å². The van der Waals surface area contributed by atoms with Gasteiger partial charge in [-0.25, -0.2) is 0 Å². The highest BCUT2D eigenvalue weighted by molar-refractivity contribution is 9.10. The maximum Gasteiger partial charge on any atom is 0.252 e. The summed E-state index contributed by atoms with van der Waals surface area (Å²) in [5.41, 5.74) is 0.690. The Bertz CT molecular complexity index is 408. The predicted octanol–water partition coefficient (Wildman–Crippen LogP) is 3.16. The number of likely N-dealkylation sites (N-methyl/N-ethyl adjacent to an activating group) is 1. The lowest BCUT2D eigenvalue weighted by atomic mass is 10.0. The van der Waals surface area contributed by atoms with E-state index in [-0.39, 0.29) is 11.9 Å². The second-order valence-corrected chi connectivity index (χ2v) is 6.40. The third kappa shape index (κ3) is 5.74. The minimum Gasteiger partial charge on any atom is -0.348 e. The van der Waals surface area contributed by atoms with E-state index in [9.17, 15) is 4.79 Å². The summed E-state index contributed by atoms with van der Waals surface area (Å²) in [4.78, 5) is 14.4. The summed E-state index contributed by atoms with van der Waals surface area (Å²) in [6, 6.07) is 7.68. The molecular weight excluding hydrogens is 304 g/mol. The van der Waals surface area contributed by atoms with E-state index in [1.807, 2.05) is 38.4 Å². The second kappa shape index (κ2) is 7.65. The number of nitrogens with zero attached hydrogens (tertiary/aromatic N) is 1. The van der Waals surface area contributed by atoms with E-state index in [4.69, 9.17) is 0 Å². The van der Waals surface area contributed by atoms with Crippen LogP contribution in [0.25, 0.3) is 0 Å². The zero-order chi connectivity index (χ0) is 14.4. The van der Waals surface area contributed by atoms with Crippen molar-refractivity contribution in [1.82, 2.24) is 10.2 Å².